The molecule has 1 unspecified atom stereocenters. The van der Waals surface area contributed by atoms with E-state index in [0.717, 1.165) is 23.9 Å². The van der Waals surface area contributed by atoms with Crippen LogP contribution in [0.5, 0.6) is 0 Å². The van der Waals surface area contributed by atoms with Gasteiger partial charge in [0.25, 0.3) is 0 Å². The quantitative estimate of drug-likeness (QED) is 0.823. The van der Waals surface area contributed by atoms with Crippen LogP contribution in [0.2, 0.25) is 0 Å². The molecule has 2 rings (SSSR count). The van der Waals surface area contributed by atoms with Gasteiger partial charge < -0.3 is 5.11 Å². The molecule has 1 aromatic rings. The Morgan fingerprint density at radius 1 is 1.50 bits per heavy atom. The molecule has 0 amide bonds. The van der Waals surface area contributed by atoms with Crippen molar-refractivity contribution >= 4 is 11.8 Å². The number of thioether (sulfide) groups is 1. The first-order chi connectivity index (χ1) is 8.78. The van der Waals surface area contributed by atoms with E-state index in [1.165, 1.54) is 17.9 Å². The highest BCUT2D eigenvalue weighted by molar-refractivity contribution is 7.99. The summed E-state index contributed by atoms with van der Waals surface area (Å²) in [6.45, 7) is 5.55. The second kappa shape index (κ2) is 6.84. The smallest absolute Gasteiger partial charge is 0.104 e. The fourth-order valence-corrected chi connectivity index (χ4v) is 3.26. The van der Waals surface area contributed by atoms with E-state index in [4.69, 9.17) is 5.11 Å². The summed E-state index contributed by atoms with van der Waals surface area (Å²) in [5.74, 6) is 6.88. The van der Waals surface area contributed by atoms with Crippen LogP contribution in [0.1, 0.15) is 18.1 Å². The summed E-state index contributed by atoms with van der Waals surface area (Å²) in [6, 6.07) is 8.30. The number of hydrogen-bond acceptors (Lipinski definition) is 3. The summed E-state index contributed by atoms with van der Waals surface area (Å²) in [5.41, 5.74) is 2.29. The van der Waals surface area contributed by atoms with E-state index in [1.807, 2.05) is 12.1 Å². The molecule has 0 aliphatic carbocycles. The maximum Gasteiger partial charge on any atom is 0.104 e. The van der Waals surface area contributed by atoms with Gasteiger partial charge in [0.15, 0.2) is 0 Å². The SMILES string of the molecule is CC1CN(Cc2cccc(C#CCO)c2)CCS1. The molecule has 1 aromatic carbocycles. The minimum absolute atomic E-state index is 0.0783. The molecule has 0 spiro atoms. The normalized spacial score (nSPS) is 20.2. The van der Waals surface area contributed by atoms with Crippen LogP contribution in [-0.4, -0.2) is 40.7 Å². The van der Waals surface area contributed by atoms with Crippen molar-refractivity contribution in [3.05, 3.63) is 35.4 Å². The van der Waals surface area contributed by atoms with E-state index in [2.05, 4.69) is 47.6 Å². The highest BCUT2D eigenvalue weighted by Gasteiger charge is 2.16. The van der Waals surface area contributed by atoms with Crippen molar-refractivity contribution in [2.45, 2.75) is 18.7 Å². The third-order valence-electron chi connectivity index (χ3n) is 2.97. The zero-order valence-electron chi connectivity index (χ0n) is 10.7. The molecule has 0 bridgehead atoms. The molecule has 1 atom stereocenters. The summed E-state index contributed by atoms with van der Waals surface area (Å²) in [6.07, 6.45) is 0. The minimum Gasteiger partial charge on any atom is -0.384 e. The van der Waals surface area contributed by atoms with Gasteiger partial charge in [-0.05, 0) is 17.7 Å². The standard InChI is InChI=1S/C15H19NOS/c1-13-11-16(7-9-18-13)12-15-5-2-4-14(10-15)6-3-8-17/h2,4-5,10,13,17H,7-9,11-12H2,1H3. The fourth-order valence-electron chi connectivity index (χ4n) is 2.18. The number of aliphatic hydroxyl groups excluding tert-OH is 1. The molecule has 0 saturated carbocycles. The van der Waals surface area contributed by atoms with Crippen LogP contribution in [0.4, 0.5) is 0 Å². The zero-order valence-corrected chi connectivity index (χ0v) is 11.5. The van der Waals surface area contributed by atoms with E-state index in [9.17, 15) is 0 Å². The van der Waals surface area contributed by atoms with Gasteiger partial charge in [0.2, 0.25) is 0 Å². The summed E-state index contributed by atoms with van der Waals surface area (Å²) >= 11 is 2.05. The minimum atomic E-state index is -0.0783. The Hall–Kier alpha value is -0.950. The summed E-state index contributed by atoms with van der Waals surface area (Å²) < 4.78 is 0. The van der Waals surface area contributed by atoms with E-state index >= 15 is 0 Å². The third kappa shape index (κ3) is 4.06. The van der Waals surface area contributed by atoms with Crippen molar-refractivity contribution in [1.82, 2.24) is 4.90 Å². The average molecular weight is 261 g/mol. The van der Waals surface area contributed by atoms with Crippen molar-refractivity contribution in [3.63, 3.8) is 0 Å². The van der Waals surface area contributed by atoms with Gasteiger partial charge in [-0.1, -0.05) is 30.9 Å². The van der Waals surface area contributed by atoms with Crippen molar-refractivity contribution in [3.8, 4) is 11.8 Å². The molecule has 1 saturated heterocycles. The molecule has 1 aliphatic heterocycles. The van der Waals surface area contributed by atoms with Crippen molar-refractivity contribution in [2.24, 2.45) is 0 Å². The molecule has 3 heteroatoms. The first-order valence-corrected chi connectivity index (χ1v) is 7.35. The predicted molar refractivity (Wildman–Crippen MR) is 77.6 cm³/mol. The first kappa shape index (κ1) is 13.5. The third-order valence-corrected chi connectivity index (χ3v) is 4.11. The van der Waals surface area contributed by atoms with Gasteiger partial charge in [-0.2, -0.15) is 11.8 Å². The Labute approximate surface area is 113 Å². The van der Waals surface area contributed by atoms with E-state index in [1.54, 1.807) is 0 Å². The van der Waals surface area contributed by atoms with Gasteiger partial charge in [0.05, 0.1) is 0 Å². The van der Waals surface area contributed by atoms with Gasteiger partial charge >= 0.3 is 0 Å². The van der Waals surface area contributed by atoms with Gasteiger partial charge in [-0.15, -0.1) is 0 Å². The summed E-state index contributed by atoms with van der Waals surface area (Å²) in [4.78, 5) is 2.50. The lowest BCUT2D eigenvalue weighted by Crippen LogP contribution is -2.36. The number of hydrogen-bond donors (Lipinski definition) is 1. The largest absolute Gasteiger partial charge is 0.384 e. The van der Waals surface area contributed by atoms with Crippen LogP contribution >= 0.6 is 11.8 Å². The summed E-state index contributed by atoms with van der Waals surface area (Å²) in [7, 11) is 0. The predicted octanol–water partition coefficient (Wildman–Crippen LogP) is 1.97. The van der Waals surface area contributed by atoms with Crippen molar-refractivity contribution < 1.29 is 5.11 Å². The van der Waals surface area contributed by atoms with Crippen LogP contribution in [0.3, 0.4) is 0 Å². The maximum absolute atomic E-state index is 8.70. The molecule has 1 aliphatic rings. The Bertz CT molecular complexity index is 449. The van der Waals surface area contributed by atoms with Crippen molar-refractivity contribution in [1.29, 1.82) is 0 Å². The Kier molecular flexibility index (Phi) is 5.12. The van der Waals surface area contributed by atoms with Gasteiger partial charge in [0.1, 0.15) is 6.61 Å². The molecule has 96 valence electrons. The lowest BCUT2D eigenvalue weighted by atomic mass is 10.1. The van der Waals surface area contributed by atoms with Gasteiger partial charge in [0, 0.05) is 36.2 Å². The molecule has 0 aromatic heterocycles. The Morgan fingerprint density at radius 3 is 3.17 bits per heavy atom. The van der Waals surface area contributed by atoms with Gasteiger partial charge in [-0.25, -0.2) is 0 Å². The molecule has 1 fully saturated rings. The first-order valence-electron chi connectivity index (χ1n) is 6.30. The highest BCUT2D eigenvalue weighted by Crippen LogP contribution is 2.19. The van der Waals surface area contributed by atoms with Crippen LogP contribution in [-0.2, 0) is 6.54 Å². The van der Waals surface area contributed by atoms with Crippen LogP contribution in [0, 0.1) is 11.8 Å². The number of aliphatic hydroxyl groups is 1. The monoisotopic (exact) mass is 261 g/mol. The van der Waals surface area contributed by atoms with E-state index in [-0.39, 0.29) is 6.61 Å². The average Bonchev–Trinajstić information content (AvgIpc) is 2.37. The number of nitrogens with zero attached hydrogens (tertiary/aromatic N) is 1. The Balaban J connectivity index is 2.00. The number of benzene rings is 1. The van der Waals surface area contributed by atoms with Crippen molar-refractivity contribution in [2.75, 3.05) is 25.4 Å². The molecular formula is C15H19NOS. The molecule has 0 radical (unpaired) electrons. The van der Waals surface area contributed by atoms with Crippen LogP contribution in [0.25, 0.3) is 0 Å². The van der Waals surface area contributed by atoms with E-state index < -0.39 is 0 Å². The zero-order chi connectivity index (χ0) is 12.8. The lowest BCUT2D eigenvalue weighted by Gasteiger charge is -2.30. The van der Waals surface area contributed by atoms with Gasteiger partial charge in [-0.3, -0.25) is 4.90 Å². The second-order valence-corrected chi connectivity index (χ2v) is 6.12. The molecule has 1 heterocycles. The molecular weight excluding hydrogens is 242 g/mol. The highest BCUT2D eigenvalue weighted by atomic mass is 32.2. The van der Waals surface area contributed by atoms with E-state index in [0.29, 0.717) is 0 Å². The Morgan fingerprint density at radius 2 is 2.39 bits per heavy atom. The van der Waals surface area contributed by atoms with Crippen LogP contribution in [0.15, 0.2) is 24.3 Å². The lowest BCUT2D eigenvalue weighted by molar-refractivity contribution is 0.278. The number of rotatable bonds is 2. The maximum atomic E-state index is 8.70. The van der Waals surface area contributed by atoms with Crippen LogP contribution < -0.4 is 0 Å². The summed E-state index contributed by atoms with van der Waals surface area (Å²) in [5, 5.41) is 9.44. The molecule has 1 N–H and O–H groups in total. The second-order valence-electron chi connectivity index (χ2n) is 4.58. The molecule has 18 heavy (non-hydrogen) atoms. The fraction of sp³-hybridized carbons (Fsp3) is 0.467. The topological polar surface area (TPSA) is 23.5 Å². The molecule has 2 nitrogen and oxygen atoms in total.